The van der Waals surface area contributed by atoms with Crippen LogP contribution in [0, 0.1) is 11.8 Å². The molecule has 2 saturated heterocycles. The zero-order chi connectivity index (χ0) is 22.9. The molecular formula is C25H30N6O2. The molecule has 172 valence electrons. The standard InChI is InChI=1S/C25H30N6O2/c1-17-9-12-31(15-21(17)29(2)23-19-8-11-26-22(19)27-16-28-23)25(33)20-10-13-30(24(20)32)14-18-6-4-3-5-7-18/h3-8,11,16-17,20-21H,9-10,12-15H2,1-2H3,(H,26,27,28)/t17-,20-,21-/m1/s1. The highest BCUT2D eigenvalue weighted by molar-refractivity contribution is 6.01. The number of benzene rings is 1. The highest BCUT2D eigenvalue weighted by atomic mass is 16.2. The number of nitrogens with one attached hydrogen (secondary N) is 1. The minimum atomic E-state index is -0.566. The van der Waals surface area contributed by atoms with E-state index in [1.165, 1.54) is 0 Å². The Bertz CT molecular complexity index is 1150. The fraction of sp³-hybridized carbons (Fsp3) is 0.440. The van der Waals surface area contributed by atoms with Crippen LogP contribution in [0.4, 0.5) is 5.82 Å². The maximum absolute atomic E-state index is 13.4. The van der Waals surface area contributed by atoms with Crippen molar-refractivity contribution in [3.63, 3.8) is 0 Å². The SMILES string of the molecule is C[C@@H]1CCN(C(=O)[C@@H]2CCN(Cc3ccccc3)C2=O)C[C@H]1N(C)c1ncnc2[nH]ccc12. The van der Waals surface area contributed by atoms with Crippen LogP contribution >= 0.6 is 0 Å². The molecule has 2 aliphatic rings. The first-order chi connectivity index (χ1) is 16.0. The first-order valence-electron chi connectivity index (χ1n) is 11.7. The van der Waals surface area contributed by atoms with Crippen molar-refractivity contribution in [3.05, 3.63) is 54.5 Å². The number of carbonyl (C=O) groups excluding carboxylic acids is 2. The topological polar surface area (TPSA) is 85.4 Å². The molecule has 0 radical (unpaired) electrons. The molecule has 5 rings (SSSR count). The number of fused-ring (bicyclic) bond motifs is 1. The molecular weight excluding hydrogens is 416 g/mol. The Morgan fingerprint density at radius 1 is 1.15 bits per heavy atom. The van der Waals surface area contributed by atoms with Crippen LogP contribution in [0.5, 0.6) is 0 Å². The number of amides is 2. The minimum Gasteiger partial charge on any atom is -0.354 e. The predicted octanol–water partition coefficient (Wildman–Crippen LogP) is 2.68. The van der Waals surface area contributed by atoms with Crippen LogP contribution in [0.3, 0.4) is 0 Å². The third kappa shape index (κ3) is 4.05. The monoisotopic (exact) mass is 446 g/mol. The molecule has 8 heteroatoms. The summed E-state index contributed by atoms with van der Waals surface area (Å²) in [5.41, 5.74) is 1.90. The highest BCUT2D eigenvalue weighted by Crippen LogP contribution is 2.30. The van der Waals surface area contributed by atoms with Gasteiger partial charge in [-0.1, -0.05) is 37.3 Å². The van der Waals surface area contributed by atoms with E-state index in [1.807, 2.05) is 59.4 Å². The Morgan fingerprint density at radius 3 is 2.79 bits per heavy atom. The van der Waals surface area contributed by atoms with Gasteiger partial charge in [0.25, 0.3) is 0 Å². The second-order valence-electron chi connectivity index (χ2n) is 9.25. The summed E-state index contributed by atoms with van der Waals surface area (Å²) in [5, 5.41) is 0.971. The zero-order valence-corrected chi connectivity index (χ0v) is 19.1. The largest absolute Gasteiger partial charge is 0.354 e. The predicted molar refractivity (Wildman–Crippen MR) is 126 cm³/mol. The van der Waals surface area contributed by atoms with Crippen molar-refractivity contribution >= 4 is 28.7 Å². The second kappa shape index (κ2) is 8.84. The average Bonchev–Trinajstić information content (AvgIpc) is 3.46. The van der Waals surface area contributed by atoms with Crippen LogP contribution in [0.1, 0.15) is 25.3 Å². The summed E-state index contributed by atoms with van der Waals surface area (Å²) in [5.74, 6) is 0.617. The average molecular weight is 447 g/mol. The van der Waals surface area contributed by atoms with Gasteiger partial charge in [-0.15, -0.1) is 0 Å². The summed E-state index contributed by atoms with van der Waals surface area (Å²) in [6.07, 6.45) is 4.92. The molecule has 0 aliphatic carbocycles. The summed E-state index contributed by atoms with van der Waals surface area (Å²) in [6, 6.07) is 12.1. The fourth-order valence-corrected chi connectivity index (χ4v) is 5.20. The van der Waals surface area contributed by atoms with Gasteiger partial charge in [0.2, 0.25) is 11.8 Å². The second-order valence-corrected chi connectivity index (χ2v) is 9.25. The molecule has 1 N–H and O–H groups in total. The Morgan fingerprint density at radius 2 is 1.97 bits per heavy atom. The summed E-state index contributed by atoms with van der Waals surface area (Å²) in [7, 11) is 2.03. The quantitative estimate of drug-likeness (QED) is 0.609. The van der Waals surface area contributed by atoms with Crippen molar-refractivity contribution < 1.29 is 9.59 Å². The van der Waals surface area contributed by atoms with Crippen LogP contribution in [0.15, 0.2) is 48.9 Å². The van der Waals surface area contributed by atoms with E-state index in [1.54, 1.807) is 6.33 Å². The Hall–Kier alpha value is -3.42. The molecule has 0 bridgehead atoms. The number of piperidine rings is 1. The van der Waals surface area contributed by atoms with Crippen LogP contribution in [0.2, 0.25) is 0 Å². The van der Waals surface area contributed by atoms with E-state index >= 15 is 0 Å². The molecule has 1 aromatic carbocycles. The molecule has 3 aromatic rings. The first kappa shape index (κ1) is 21.4. The van der Waals surface area contributed by atoms with Crippen molar-refractivity contribution in [2.75, 3.05) is 31.6 Å². The summed E-state index contributed by atoms with van der Waals surface area (Å²) < 4.78 is 0. The normalized spacial score (nSPS) is 23.3. The number of carbonyl (C=O) groups is 2. The smallest absolute Gasteiger partial charge is 0.235 e. The lowest BCUT2D eigenvalue weighted by Gasteiger charge is -2.42. The van der Waals surface area contributed by atoms with Gasteiger partial charge in [0.1, 0.15) is 23.7 Å². The molecule has 2 fully saturated rings. The molecule has 0 saturated carbocycles. The van der Waals surface area contributed by atoms with Crippen LogP contribution in [-0.4, -0.2) is 69.3 Å². The van der Waals surface area contributed by atoms with Gasteiger partial charge in [-0.05, 0) is 30.4 Å². The molecule has 0 spiro atoms. The molecule has 33 heavy (non-hydrogen) atoms. The van der Waals surface area contributed by atoms with Crippen molar-refractivity contribution in [1.29, 1.82) is 0 Å². The van der Waals surface area contributed by atoms with E-state index in [4.69, 9.17) is 0 Å². The number of aromatic nitrogens is 3. The number of anilines is 1. The number of hydrogen-bond acceptors (Lipinski definition) is 5. The van der Waals surface area contributed by atoms with Gasteiger partial charge >= 0.3 is 0 Å². The van der Waals surface area contributed by atoms with Gasteiger partial charge in [-0.3, -0.25) is 9.59 Å². The fourth-order valence-electron chi connectivity index (χ4n) is 5.20. The number of likely N-dealkylation sites (N-methyl/N-ethyl adjacent to an activating group) is 1. The van der Waals surface area contributed by atoms with E-state index in [0.29, 0.717) is 38.5 Å². The van der Waals surface area contributed by atoms with Gasteiger partial charge in [0.05, 0.1) is 11.4 Å². The molecule has 0 unspecified atom stereocenters. The van der Waals surface area contributed by atoms with Crippen molar-refractivity contribution in [3.8, 4) is 0 Å². The Kier molecular flexibility index (Phi) is 5.74. The van der Waals surface area contributed by atoms with Gasteiger partial charge in [0.15, 0.2) is 0 Å². The van der Waals surface area contributed by atoms with Crippen molar-refractivity contribution in [2.24, 2.45) is 11.8 Å². The lowest BCUT2D eigenvalue weighted by atomic mass is 9.91. The number of aromatic amines is 1. The molecule has 8 nitrogen and oxygen atoms in total. The third-order valence-electron chi connectivity index (χ3n) is 7.21. The molecule has 3 atom stereocenters. The first-order valence-corrected chi connectivity index (χ1v) is 11.7. The van der Waals surface area contributed by atoms with Gasteiger partial charge in [0, 0.05) is 39.4 Å². The lowest BCUT2D eigenvalue weighted by molar-refractivity contribution is -0.144. The number of nitrogens with zero attached hydrogens (tertiary/aromatic N) is 5. The van der Waals surface area contributed by atoms with E-state index in [9.17, 15) is 9.59 Å². The summed E-state index contributed by atoms with van der Waals surface area (Å²) in [6.45, 7) is 4.70. The molecule has 2 aliphatic heterocycles. The lowest BCUT2D eigenvalue weighted by Crippen LogP contribution is -2.54. The molecule has 2 aromatic heterocycles. The van der Waals surface area contributed by atoms with Gasteiger partial charge in [-0.25, -0.2) is 9.97 Å². The van der Waals surface area contributed by atoms with Crippen molar-refractivity contribution in [2.45, 2.75) is 32.4 Å². The summed E-state index contributed by atoms with van der Waals surface area (Å²) >= 11 is 0. The molecule has 2 amide bonds. The van der Waals surface area contributed by atoms with Gasteiger partial charge in [-0.2, -0.15) is 0 Å². The molecule has 4 heterocycles. The van der Waals surface area contributed by atoms with Gasteiger partial charge < -0.3 is 19.7 Å². The van der Waals surface area contributed by atoms with E-state index in [2.05, 4.69) is 26.8 Å². The highest BCUT2D eigenvalue weighted by Gasteiger charge is 2.41. The third-order valence-corrected chi connectivity index (χ3v) is 7.21. The Balaban J connectivity index is 1.28. The van der Waals surface area contributed by atoms with E-state index in [0.717, 1.165) is 28.8 Å². The maximum atomic E-state index is 13.4. The summed E-state index contributed by atoms with van der Waals surface area (Å²) in [4.78, 5) is 44.3. The number of rotatable bonds is 5. The van der Waals surface area contributed by atoms with Crippen molar-refractivity contribution in [1.82, 2.24) is 24.8 Å². The van der Waals surface area contributed by atoms with E-state index in [-0.39, 0.29) is 17.9 Å². The number of H-pyrrole nitrogens is 1. The number of likely N-dealkylation sites (tertiary alicyclic amines) is 2. The minimum absolute atomic E-state index is 0.0321. The number of hydrogen-bond donors (Lipinski definition) is 1. The van der Waals surface area contributed by atoms with E-state index < -0.39 is 5.92 Å². The van der Waals surface area contributed by atoms with Crippen LogP contribution in [-0.2, 0) is 16.1 Å². The van der Waals surface area contributed by atoms with Crippen LogP contribution < -0.4 is 4.90 Å². The maximum Gasteiger partial charge on any atom is 0.235 e. The Labute approximate surface area is 193 Å². The van der Waals surface area contributed by atoms with Crippen LogP contribution in [0.25, 0.3) is 11.0 Å². The zero-order valence-electron chi connectivity index (χ0n) is 19.1.